The third-order valence-corrected chi connectivity index (χ3v) is 3.65. The Morgan fingerprint density at radius 3 is 0.694 bits per heavy atom. The lowest BCUT2D eigenvalue weighted by Crippen LogP contribution is -3.00. The van der Waals surface area contributed by atoms with Crippen molar-refractivity contribution >= 4 is 120 Å². The quantitative estimate of drug-likeness (QED) is 0.0910. The average Bonchev–Trinajstić information content (AvgIpc) is 3.25. The van der Waals surface area contributed by atoms with Crippen LogP contribution < -0.4 is 28.5 Å². The minimum absolute atomic E-state index is 0. The summed E-state index contributed by atoms with van der Waals surface area (Å²) in [6, 6.07) is 28.6. The summed E-state index contributed by atoms with van der Waals surface area (Å²) in [6.07, 6.45) is 15.9. The smallest absolute Gasteiger partial charge is 0.300 e. The van der Waals surface area contributed by atoms with Gasteiger partial charge in [-0.25, -0.2) is 0 Å². The number of Topliss-reactive ketones (excluding diaryl/α,β-unsaturated/α-hetero) is 3. The number of pyridine rings is 5. The molecule has 1 N–H and O–H groups in total. The summed E-state index contributed by atoms with van der Waals surface area (Å²) in [5, 5.41) is 8.17. The average molecular weight is 1450 g/mol. The Morgan fingerprint density at radius 1 is 0.468 bits per heavy atom. The molecule has 10 nitrogen and oxygen atoms in total. The molecule has 0 saturated heterocycles. The van der Waals surface area contributed by atoms with Gasteiger partial charge in [0, 0.05) is 106 Å². The number of ketones is 3. The summed E-state index contributed by atoms with van der Waals surface area (Å²) in [6.45, 7) is 26.3. The second-order valence-electron chi connectivity index (χ2n) is 8.98. The molecule has 0 aliphatic rings. The molecule has 0 spiro atoms. The summed E-state index contributed by atoms with van der Waals surface area (Å²) < 4.78 is 1.85. The molecule has 5 rings (SSSR count). The van der Waals surface area contributed by atoms with E-state index in [4.69, 9.17) is 21.5 Å². The summed E-state index contributed by atoms with van der Waals surface area (Å²) in [5.74, 6) is -0.333. The highest BCUT2D eigenvalue weighted by atomic mass is 128. The Hall–Kier alpha value is -1.83. The van der Waals surface area contributed by atoms with Crippen LogP contribution in [0.2, 0.25) is 5.15 Å². The Balaban J connectivity index is -0.0000000386. The summed E-state index contributed by atoms with van der Waals surface area (Å²) in [7, 11) is 1.91. The minimum Gasteiger partial charge on any atom is -1.00 e. The first kappa shape index (κ1) is 94.7. The van der Waals surface area contributed by atoms with E-state index in [2.05, 4.69) is 57.2 Å². The number of aliphatic carboxylic acids is 1. The van der Waals surface area contributed by atoms with Gasteiger partial charge in [-0.1, -0.05) is 87.1 Å². The van der Waals surface area contributed by atoms with Crippen molar-refractivity contribution in [2.45, 2.75) is 111 Å². The van der Waals surface area contributed by atoms with Gasteiger partial charge in [-0.3, -0.25) is 24.7 Å². The molecule has 62 heavy (non-hydrogen) atoms. The maximum absolute atomic E-state index is 9.44. The Kier molecular flexibility index (Phi) is 157. The van der Waals surface area contributed by atoms with Crippen LogP contribution in [-0.4, -0.2) is 48.4 Å². The van der Waals surface area contributed by atoms with Crippen LogP contribution in [-0.2, 0) is 26.2 Å². The maximum atomic E-state index is 9.44. The standard InChI is InChI=1S/C6H7ClN.4C5H5N.3C3H6O.C2H4O2.4C2H6.CH4.I2.3HI/c1-8-5-3-2-4-6(8)7;4*1-2-4-6-5-3-1;3*1-3(2)4;1-2(3)4;4*1-2;;1-2;;;/h2-5H,1H3;4*1-5H;3*1-2H3;1H3,(H,3,4);4*1-2H3;1H4;;3*1H/q+1;;;;;;;;;;;;;;;;;/p-1. The van der Waals surface area contributed by atoms with Crippen LogP contribution in [0.15, 0.2) is 147 Å². The fraction of sp³-hybridized carbons (Fsp3) is 0.370. The molecule has 0 saturated carbocycles. The summed E-state index contributed by atoms with van der Waals surface area (Å²) >= 11 is 9.91. The molecule has 0 bridgehead atoms. The van der Waals surface area contributed by atoms with Crippen LogP contribution in [0.25, 0.3) is 0 Å². The van der Waals surface area contributed by atoms with Gasteiger partial charge in [0.2, 0.25) is 0 Å². The van der Waals surface area contributed by atoms with Crippen molar-refractivity contribution in [3.05, 3.63) is 152 Å². The van der Waals surface area contributed by atoms with Crippen molar-refractivity contribution in [2.24, 2.45) is 7.05 Å². The Bertz CT molecular complexity index is 1100. The lowest BCUT2D eigenvalue weighted by atomic mass is 10.5. The number of nitrogens with zero attached hydrogens (tertiary/aromatic N) is 5. The first-order chi connectivity index (χ1) is 27.7. The highest BCUT2D eigenvalue weighted by molar-refractivity contribution is 15.0. The van der Waals surface area contributed by atoms with Gasteiger partial charge in [0.1, 0.15) is 24.4 Å². The number of aryl methyl sites for hydroxylation is 1. The van der Waals surface area contributed by atoms with E-state index in [1.807, 2.05) is 164 Å². The number of hydrogen-bond acceptors (Lipinski definition) is 8. The van der Waals surface area contributed by atoms with Crippen LogP contribution in [0.4, 0.5) is 0 Å². The van der Waals surface area contributed by atoms with Crippen molar-refractivity contribution < 1.29 is 52.8 Å². The molecule has 16 heteroatoms. The highest BCUT2D eigenvalue weighted by Gasteiger charge is 1.95. The van der Waals surface area contributed by atoms with Crippen molar-refractivity contribution in [3.63, 3.8) is 0 Å². The number of hydrogen-bond donors (Lipinski definition) is 1. The van der Waals surface area contributed by atoms with Gasteiger partial charge in [0.15, 0.2) is 6.20 Å². The number of carboxylic acid groups (broad SMARTS) is 1. The molecule has 5 aromatic heterocycles. The van der Waals surface area contributed by atoms with Crippen LogP contribution in [0.5, 0.6) is 0 Å². The molecular formula is C46H79ClI5N5O5. The molecule has 360 valence electrons. The number of halogens is 6. The second kappa shape index (κ2) is 103. The number of carbonyl (C=O) groups excluding carboxylic acids is 3. The third kappa shape index (κ3) is 173. The van der Waals surface area contributed by atoms with E-state index in [1.54, 1.807) is 49.6 Å². The largest absolute Gasteiger partial charge is 1.00 e. The first-order valence-electron chi connectivity index (χ1n) is 18.5. The summed E-state index contributed by atoms with van der Waals surface area (Å²) in [4.78, 5) is 52.5. The molecule has 0 aliphatic carbocycles. The highest BCUT2D eigenvalue weighted by Crippen LogP contribution is 1.95. The number of rotatable bonds is 0. The number of aromatic nitrogens is 5. The Morgan fingerprint density at radius 2 is 0.629 bits per heavy atom. The predicted molar refractivity (Wildman–Crippen MR) is 303 cm³/mol. The van der Waals surface area contributed by atoms with Gasteiger partial charge in [0.05, 0.1) is 0 Å². The molecule has 0 fully saturated rings. The zero-order chi connectivity index (χ0) is 47.3. The van der Waals surface area contributed by atoms with Gasteiger partial charge in [-0.2, -0.15) is 4.57 Å². The van der Waals surface area contributed by atoms with Crippen LogP contribution in [0.3, 0.4) is 0 Å². The SMILES string of the molecule is C.CC.CC.CC.CC.CC(=O)O.CC(C)=O.CC(C)=O.CC(C)=O.C[n+]1ccccc1Cl.I.I.II.[I-].c1ccncc1.c1ccncc1.c1ccncc1.c1ccncc1. The molecule has 5 aromatic rings. The fourth-order valence-corrected chi connectivity index (χ4v) is 1.88. The van der Waals surface area contributed by atoms with Gasteiger partial charge in [-0.15, -0.1) is 48.0 Å². The van der Waals surface area contributed by atoms with Crippen LogP contribution in [0.1, 0.15) is 111 Å². The lowest BCUT2D eigenvalue weighted by Gasteiger charge is -1.84. The van der Waals surface area contributed by atoms with E-state index in [0.29, 0.717) is 0 Å². The molecule has 0 radical (unpaired) electrons. The fourth-order valence-electron chi connectivity index (χ4n) is 1.75. The van der Waals surface area contributed by atoms with E-state index in [9.17, 15) is 14.4 Å². The zero-order valence-corrected chi connectivity index (χ0v) is 50.9. The van der Waals surface area contributed by atoms with E-state index in [1.165, 1.54) is 41.5 Å². The monoisotopic (exact) mass is 1450 g/mol. The molecule has 0 aliphatic heterocycles. The second-order valence-corrected chi connectivity index (χ2v) is 9.36. The van der Waals surface area contributed by atoms with Crippen molar-refractivity contribution in [3.8, 4) is 0 Å². The normalized spacial score (nSPS) is 6.44. The molecule has 5 heterocycles. The van der Waals surface area contributed by atoms with Gasteiger partial charge in [-0.05, 0) is 108 Å². The Labute approximate surface area is 457 Å². The topological polar surface area (TPSA) is 144 Å². The van der Waals surface area contributed by atoms with Crippen molar-refractivity contribution in [1.82, 2.24) is 19.9 Å². The molecule has 0 amide bonds. The van der Waals surface area contributed by atoms with Crippen LogP contribution >= 0.6 is 96.8 Å². The molecular weight excluding hydrogens is 1370 g/mol. The third-order valence-electron chi connectivity index (χ3n) is 3.26. The van der Waals surface area contributed by atoms with E-state index in [-0.39, 0.29) is 96.7 Å². The van der Waals surface area contributed by atoms with Gasteiger partial charge >= 0.3 is 0 Å². The van der Waals surface area contributed by atoms with Gasteiger partial charge < -0.3 is 43.5 Å². The van der Waals surface area contributed by atoms with Crippen LogP contribution in [0, 0.1) is 0 Å². The maximum Gasteiger partial charge on any atom is 0.300 e. The van der Waals surface area contributed by atoms with E-state index < -0.39 is 5.97 Å². The van der Waals surface area contributed by atoms with Gasteiger partial charge in [0.25, 0.3) is 11.1 Å². The predicted octanol–water partition coefficient (Wildman–Crippen LogP) is 12.1. The molecule has 0 unspecified atom stereocenters. The number of carboxylic acids is 1. The van der Waals surface area contributed by atoms with Crippen molar-refractivity contribution in [1.29, 1.82) is 0 Å². The molecule has 0 aromatic carbocycles. The lowest BCUT2D eigenvalue weighted by molar-refractivity contribution is -0.669. The molecule has 0 atom stereocenters. The first-order valence-corrected chi connectivity index (χ1v) is 25.2. The minimum atomic E-state index is -0.833. The van der Waals surface area contributed by atoms with E-state index in [0.717, 1.165) is 12.1 Å². The summed E-state index contributed by atoms with van der Waals surface area (Å²) in [5.41, 5.74) is 0. The zero-order valence-electron chi connectivity index (χ0n) is 39.0. The number of carbonyl (C=O) groups is 4. The van der Waals surface area contributed by atoms with E-state index >= 15 is 0 Å². The van der Waals surface area contributed by atoms with Crippen molar-refractivity contribution in [2.75, 3.05) is 0 Å².